The number of carbonyl (C=O) groups excluding carboxylic acids is 1. The van der Waals surface area contributed by atoms with Crippen LogP contribution in [0.2, 0.25) is 0 Å². The van der Waals surface area contributed by atoms with E-state index in [1.165, 1.54) is 0 Å². The van der Waals surface area contributed by atoms with Crippen LogP contribution in [0.4, 0.5) is 0 Å². The van der Waals surface area contributed by atoms with Gasteiger partial charge in [0.1, 0.15) is 5.76 Å². The minimum atomic E-state index is 0. The zero-order chi connectivity index (χ0) is 16.1. The average molecular weight is 349 g/mol. The molecule has 0 unspecified atom stereocenters. The standard InChI is InChI=1S/C19H24N2O2.ClH/c1-15-12-17(9-10-20-15)19(22)21(14-18-8-5-11-23-18)13-16-6-3-2-4-7-16;/h2-8,11,15,17,20H,9-10,12-14H2,1H3;1H/t15-,17-;/m0./s1. The highest BCUT2D eigenvalue weighted by Crippen LogP contribution is 2.21. The van der Waals surface area contributed by atoms with Crippen LogP contribution in [0.1, 0.15) is 31.1 Å². The van der Waals surface area contributed by atoms with Gasteiger partial charge in [-0.2, -0.15) is 0 Å². The number of furan rings is 1. The molecule has 2 aromatic rings. The van der Waals surface area contributed by atoms with Crippen molar-refractivity contribution in [3.05, 3.63) is 60.1 Å². The summed E-state index contributed by atoms with van der Waals surface area (Å²) >= 11 is 0. The van der Waals surface area contributed by atoms with E-state index >= 15 is 0 Å². The second-order valence-electron chi connectivity index (χ2n) is 6.34. The van der Waals surface area contributed by atoms with Gasteiger partial charge in [0.2, 0.25) is 5.91 Å². The van der Waals surface area contributed by atoms with Crippen molar-refractivity contribution < 1.29 is 9.21 Å². The summed E-state index contributed by atoms with van der Waals surface area (Å²) in [6.07, 6.45) is 3.47. The van der Waals surface area contributed by atoms with Crippen LogP contribution < -0.4 is 5.32 Å². The van der Waals surface area contributed by atoms with Gasteiger partial charge in [-0.25, -0.2) is 0 Å². The van der Waals surface area contributed by atoms with Gasteiger partial charge >= 0.3 is 0 Å². The lowest BCUT2D eigenvalue weighted by Crippen LogP contribution is -2.43. The molecule has 24 heavy (non-hydrogen) atoms. The number of halogens is 1. The van der Waals surface area contributed by atoms with E-state index in [1.54, 1.807) is 6.26 Å². The lowest BCUT2D eigenvalue weighted by Gasteiger charge is -2.32. The molecule has 0 aliphatic carbocycles. The molecule has 2 atom stereocenters. The van der Waals surface area contributed by atoms with Gasteiger partial charge in [0.25, 0.3) is 0 Å². The van der Waals surface area contributed by atoms with Crippen LogP contribution in [-0.2, 0) is 17.9 Å². The fourth-order valence-corrected chi connectivity index (χ4v) is 3.22. The Kier molecular flexibility index (Phi) is 6.88. The van der Waals surface area contributed by atoms with Gasteiger partial charge in [0, 0.05) is 18.5 Å². The third kappa shape index (κ3) is 4.86. The lowest BCUT2D eigenvalue weighted by atomic mass is 9.91. The summed E-state index contributed by atoms with van der Waals surface area (Å²) in [6.45, 7) is 4.21. The molecule has 0 spiro atoms. The van der Waals surface area contributed by atoms with Crippen molar-refractivity contribution in [3.63, 3.8) is 0 Å². The third-order valence-corrected chi connectivity index (χ3v) is 4.43. The molecular formula is C19H25ClN2O2. The average Bonchev–Trinajstić information content (AvgIpc) is 3.08. The van der Waals surface area contributed by atoms with Gasteiger partial charge < -0.3 is 14.6 Å². The second kappa shape index (κ2) is 8.90. The van der Waals surface area contributed by atoms with Gasteiger partial charge in [0.05, 0.1) is 12.8 Å². The third-order valence-electron chi connectivity index (χ3n) is 4.43. The number of hydrogen-bond donors (Lipinski definition) is 1. The highest BCUT2D eigenvalue weighted by atomic mass is 35.5. The number of nitrogens with zero attached hydrogens (tertiary/aromatic N) is 1. The van der Waals surface area contributed by atoms with Crippen molar-refractivity contribution in [2.75, 3.05) is 6.54 Å². The molecule has 1 N–H and O–H groups in total. The number of nitrogens with one attached hydrogen (secondary N) is 1. The number of amides is 1. The molecule has 0 bridgehead atoms. The van der Waals surface area contributed by atoms with Crippen LogP contribution >= 0.6 is 12.4 Å². The molecule has 0 radical (unpaired) electrons. The summed E-state index contributed by atoms with van der Waals surface area (Å²) in [5.74, 6) is 1.17. The summed E-state index contributed by atoms with van der Waals surface area (Å²) in [7, 11) is 0. The van der Waals surface area contributed by atoms with Crippen LogP contribution in [-0.4, -0.2) is 23.4 Å². The maximum atomic E-state index is 13.0. The summed E-state index contributed by atoms with van der Waals surface area (Å²) < 4.78 is 5.45. The Morgan fingerprint density at radius 2 is 2.00 bits per heavy atom. The normalized spacial score (nSPS) is 20.2. The molecular weight excluding hydrogens is 324 g/mol. The molecule has 0 saturated carbocycles. The van der Waals surface area contributed by atoms with E-state index in [2.05, 4.69) is 24.4 Å². The second-order valence-corrected chi connectivity index (χ2v) is 6.34. The minimum Gasteiger partial charge on any atom is -0.467 e. The van der Waals surface area contributed by atoms with Gasteiger partial charge in [-0.15, -0.1) is 12.4 Å². The number of piperidine rings is 1. The van der Waals surface area contributed by atoms with E-state index in [-0.39, 0.29) is 24.2 Å². The van der Waals surface area contributed by atoms with Crippen LogP contribution in [0, 0.1) is 5.92 Å². The fraction of sp³-hybridized carbons (Fsp3) is 0.421. The molecule has 5 heteroatoms. The first-order valence-electron chi connectivity index (χ1n) is 8.31. The van der Waals surface area contributed by atoms with Crippen molar-refractivity contribution in [2.24, 2.45) is 5.92 Å². The maximum absolute atomic E-state index is 13.0. The molecule has 130 valence electrons. The van der Waals surface area contributed by atoms with E-state index in [0.29, 0.717) is 19.1 Å². The lowest BCUT2D eigenvalue weighted by molar-refractivity contribution is -0.138. The summed E-state index contributed by atoms with van der Waals surface area (Å²) in [4.78, 5) is 15.0. The van der Waals surface area contributed by atoms with Gasteiger partial charge in [-0.05, 0) is 44.0 Å². The highest BCUT2D eigenvalue weighted by molar-refractivity contribution is 5.85. The minimum absolute atomic E-state index is 0. The van der Waals surface area contributed by atoms with E-state index < -0.39 is 0 Å². The molecule has 1 amide bonds. The summed E-state index contributed by atoms with van der Waals surface area (Å²) in [5.41, 5.74) is 1.15. The molecule has 4 nitrogen and oxygen atoms in total. The predicted octanol–water partition coefficient (Wildman–Crippen LogP) is 3.62. The fourth-order valence-electron chi connectivity index (χ4n) is 3.22. The first kappa shape index (κ1) is 18.6. The van der Waals surface area contributed by atoms with E-state index in [9.17, 15) is 4.79 Å². The number of benzene rings is 1. The van der Waals surface area contributed by atoms with Gasteiger partial charge in [-0.1, -0.05) is 30.3 Å². The monoisotopic (exact) mass is 348 g/mol. The first-order chi connectivity index (χ1) is 11.2. The zero-order valence-corrected chi connectivity index (χ0v) is 14.8. The molecule has 1 aliphatic heterocycles. The Balaban J connectivity index is 0.00000208. The van der Waals surface area contributed by atoms with Crippen molar-refractivity contribution in [1.29, 1.82) is 0 Å². The quantitative estimate of drug-likeness (QED) is 0.897. The van der Waals surface area contributed by atoms with Crippen LogP contribution in [0.25, 0.3) is 0 Å². The van der Waals surface area contributed by atoms with Crippen molar-refractivity contribution in [3.8, 4) is 0 Å². The van der Waals surface area contributed by atoms with Gasteiger partial charge in [-0.3, -0.25) is 4.79 Å². The number of rotatable bonds is 5. The Hall–Kier alpha value is -1.78. The molecule has 1 fully saturated rings. The van der Waals surface area contributed by atoms with Crippen molar-refractivity contribution in [1.82, 2.24) is 10.2 Å². The van der Waals surface area contributed by atoms with Crippen LogP contribution in [0.3, 0.4) is 0 Å². The molecule has 1 aliphatic rings. The van der Waals surface area contributed by atoms with E-state index in [0.717, 1.165) is 30.7 Å². The summed E-state index contributed by atoms with van der Waals surface area (Å²) in [5, 5.41) is 3.41. The Morgan fingerprint density at radius 3 is 2.67 bits per heavy atom. The largest absolute Gasteiger partial charge is 0.467 e. The zero-order valence-electron chi connectivity index (χ0n) is 14.0. The predicted molar refractivity (Wildman–Crippen MR) is 96.8 cm³/mol. The Labute approximate surface area is 149 Å². The first-order valence-corrected chi connectivity index (χ1v) is 8.31. The SMILES string of the molecule is C[C@H]1C[C@@H](C(=O)N(Cc2ccccc2)Cc2ccco2)CCN1.Cl. The molecule has 1 aromatic heterocycles. The Morgan fingerprint density at radius 1 is 1.21 bits per heavy atom. The number of carbonyl (C=O) groups is 1. The Bertz CT molecular complexity index is 616. The van der Waals surface area contributed by atoms with E-state index in [4.69, 9.17) is 4.42 Å². The maximum Gasteiger partial charge on any atom is 0.226 e. The van der Waals surface area contributed by atoms with Crippen molar-refractivity contribution in [2.45, 2.75) is 38.9 Å². The van der Waals surface area contributed by atoms with E-state index in [1.807, 2.05) is 35.2 Å². The molecule has 1 saturated heterocycles. The van der Waals surface area contributed by atoms with Crippen LogP contribution in [0.15, 0.2) is 53.1 Å². The highest BCUT2D eigenvalue weighted by Gasteiger charge is 2.29. The number of hydrogen-bond acceptors (Lipinski definition) is 3. The van der Waals surface area contributed by atoms with Gasteiger partial charge in [0.15, 0.2) is 0 Å². The molecule has 2 heterocycles. The molecule has 1 aromatic carbocycles. The smallest absolute Gasteiger partial charge is 0.226 e. The van der Waals surface area contributed by atoms with Crippen LogP contribution in [0.5, 0.6) is 0 Å². The van der Waals surface area contributed by atoms with Crippen molar-refractivity contribution >= 4 is 18.3 Å². The summed E-state index contributed by atoms with van der Waals surface area (Å²) in [6, 6.07) is 14.3. The topological polar surface area (TPSA) is 45.5 Å². The molecule has 3 rings (SSSR count).